The quantitative estimate of drug-likeness (QED) is 0.861. The minimum Gasteiger partial charge on any atom is -0.385 e. The Kier molecular flexibility index (Phi) is 4.05. The van der Waals surface area contributed by atoms with Gasteiger partial charge in [0, 0.05) is 31.2 Å². The summed E-state index contributed by atoms with van der Waals surface area (Å²) in [4.78, 5) is 2.30. The fourth-order valence-corrected chi connectivity index (χ4v) is 2.50. The van der Waals surface area contributed by atoms with Crippen molar-refractivity contribution in [1.29, 1.82) is 0 Å². The zero-order chi connectivity index (χ0) is 12.3. The van der Waals surface area contributed by atoms with Crippen LogP contribution in [0.15, 0.2) is 24.3 Å². The van der Waals surface area contributed by atoms with E-state index in [9.17, 15) is 5.11 Å². The highest BCUT2D eigenvalue weighted by atomic mass is 35.5. The fourth-order valence-electron chi connectivity index (χ4n) is 2.38. The van der Waals surface area contributed by atoms with Crippen molar-refractivity contribution < 1.29 is 5.11 Å². The summed E-state index contributed by atoms with van der Waals surface area (Å²) < 4.78 is 0. The molecule has 3 nitrogen and oxygen atoms in total. The van der Waals surface area contributed by atoms with Gasteiger partial charge < -0.3 is 15.7 Å². The second-order valence-corrected chi connectivity index (χ2v) is 5.11. The molecule has 1 aliphatic rings. The second kappa shape index (κ2) is 5.36. The third kappa shape index (κ3) is 2.99. The van der Waals surface area contributed by atoms with E-state index in [1.807, 2.05) is 24.3 Å². The van der Waals surface area contributed by atoms with Crippen LogP contribution in [0.5, 0.6) is 0 Å². The third-order valence-corrected chi connectivity index (χ3v) is 3.76. The number of nitrogens with two attached hydrogens (primary N) is 1. The zero-order valence-electron chi connectivity index (χ0n) is 9.90. The first-order valence-corrected chi connectivity index (χ1v) is 6.43. The predicted molar refractivity (Wildman–Crippen MR) is 70.1 cm³/mol. The molecule has 1 saturated heterocycles. The molecule has 0 aromatic heterocycles. The van der Waals surface area contributed by atoms with Gasteiger partial charge in [-0.2, -0.15) is 0 Å². The van der Waals surface area contributed by atoms with Gasteiger partial charge in [0.05, 0.1) is 5.60 Å². The lowest BCUT2D eigenvalue weighted by atomic mass is 9.84. The number of likely N-dealkylation sites (tertiary alicyclic amines) is 1. The Morgan fingerprint density at radius 1 is 1.24 bits per heavy atom. The lowest BCUT2D eigenvalue weighted by Crippen LogP contribution is -2.44. The Morgan fingerprint density at radius 3 is 2.35 bits per heavy atom. The van der Waals surface area contributed by atoms with E-state index in [0.717, 1.165) is 38.0 Å². The standard InChI is InChI=1S/C13H19ClN2O/c14-12-3-1-11(2-4-12)13(17)5-8-16(9-6-13)10-7-15/h1-4,17H,5-10,15H2. The highest BCUT2D eigenvalue weighted by Gasteiger charge is 2.33. The molecule has 0 amide bonds. The molecule has 1 aromatic rings. The van der Waals surface area contributed by atoms with Gasteiger partial charge >= 0.3 is 0 Å². The first kappa shape index (κ1) is 12.8. The van der Waals surface area contributed by atoms with Crippen molar-refractivity contribution in [3.63, 3.8) is 0 Å². The number of halogens is 1. The van der Waals surface area contributed by atoms with Crippen molar-refractivity contribution in [3.8, 4) is 0 Å². The van der Waals surface area contributed by atoms with E-state index in [4.69, 9.17) is 17.3 Å². The fraction of sp³-hybridized carbons (Fsp3) is 0.538. The first-order valence-electron chi connectivity index (χ1n) is 6.05. The van der Waals surface area contributed by atoms with E-state index in [2.05, 4.69) is 4.90 Å². The van der Waals surface area contributed by atoms with Crippen LogP contribution in [0.3, 0.4) is 0 Å². The van der Waals surface area contributed by atoms with Crippen LogP contribution in [-0.4, -0.2) is 36.2 Å². The van der Waals surface area contributed by atoms with E-state index in [1.165, 1.54) is 0 Å². The second-order valence-electron chi connectivity index (χ2n) is 4.67. The lowest BCUT2D eigenvalue weighted by molar-refractivity contribution is -0.0251. The van der Waals surface area contributed by atoms with Crippen molar-refractivity contribution in [2.24, 2.45) is 5.73 Å². The molecular formula is C13H19ClN2O. The third-order valence-electron chi connectivity index (χ3n) is 3.51. The van der Waals surface area contributed by atoms with Gasteiger partial charge in [0.1, 0.15) is 0 Å². The van der Waals surface area contributed by atoms with E-state index >= 15 is 0 Å². The largest absolute Gasteiger partial charge is 0.385 e. The van der Waals surface area contributed by atoms with Gasteiger partial charge in [0.15, 0.2) is 0 Å². The Hall–Kier alpha value is -0.610. The van der Waals surface area contributed by atoms with Gasteiger partial charge in [0.2, 0.25) is 0 Å². The summed E-state index contributed by atoms with van der Waals surface area (Å²) in [5, 5.41) is 11.3. The zero-order valence-corrected chi connectivity index (χ0v) is 10.7. The predicted octanol–water partition coefficient (Wildman–Crippen LogP) is 1.58. The van der Waals surface area contributed by atoms with Crippen LogP contribution < -0.4 is 5.73 Å². The molecule has 0 bridgehead atoms. The molecule has 4 heteroatoms. The molecular weight excluding hydrogens is 236 g/mol. The van der Waals surface area contributed by atoms with Crippen LogP contribution in [0, 0.1) is 0 Å². The van der Waals surface area contributed by atoms with Gasteiger partial charge in [-0.3, -0.25) is 0 Å². The molecule has 0 aliphatic carbocycles. The SMILES string of the molecule is NCCN1CCC(O)(c2ccc(Cl)cc2)CC1. The molecule has 3 N–H and O–H groups in total. The molecule has 1 aromatic carbocycles. The molecule has 1 heterocycles. The molecule has 2 rings (SSSR count). The summed E-state index contributed by atoms with van der Waals surface area (Å²) in [6.45, 7) is 3.39. The lowest BCUT2D eigenvalue weighted by Gasteiger charge is -2.38. The van der Waals surface area contributed by atoms with E-state index in [-0.39, 0.29) is 0 Å². The highest BCUT2D eigenvalue weighted by molar-refractivity contribution is 6.30. The number of benzene rings is 1. The normalized spacial score (nSPS) is 20.4. The molecule has 0 radical (unpaired) electrons. The van der Waals surface area contributed by atoms with Crippen molar-refractivity contribution in [3.05, 3.63) is 34.9 Å². The molecule has 1 aliphatic heterocycles. The summed E-state index contributed by atoms with van der Waals surface area (Å²) in [5.74, 6) is 0. The number of rotatable bonds is 3. The summed E-state index contributed by atoms with van der Waals surface area (Å²) in [6, 6.07) is 7.50. The Morgan fingerprint density at radius 2 is 1.82 bits per heavy atom. The van der Waals surface area contributed by atoms with E-state index in [1.54, 1.807) is 0 Å². The number of hydrogen-bond donors (Lipinski definition) is 2. The maximum atomic E-state index is 10.6. The molecule has 0 spiro atoms. The number of hydrogen-bond acceptors (Lipinski definition) is 3. The van der Waals surface area contributed by atoms with Gasteiger partial charge in [-0.05, 0) is 30.5 Å². The number of aliphatic hydroxyl groups is 1. The number of nitrogens with zero attached hydrogens (tertiary/aromatic N) is 1. The minimum atomic E-state index is -0.699. The van der Waals surface area contributed by atoms with Crippen molar-refractivity contribution in [2.75, 3.05) is 26.2 Å². The smallest absolute Gasteiger partial charge is 0.0920 e. The topological polar surface area (TPSA) is 49.5 Å². The van der Waals surface area contributed by atoms with Crippen LogP contribution in [-0.2, 0) is 5.60 Å². The van der Waals surface area contributed by atoms with E-state index in [0.29, 0.717) is 11.6 Å². The van der Waals surface area contributed by atoms with Crippen molar-refractivity contribution in [2.45, 2.75) is 18.4 Å². The minimum absolute atomic E-state index is 0.680. The molecule has 94 valence electrons. The van der Waals surface area contributed by atoms with Gasteiger partial charge in [-0.25, -0.2) is 0 Å². The van der Waals surface area contributed by atoms with Crippen LogP contribution in [0.2, 0.25) is 5.02 Å². The molecule has 17 heavy (non-hydrogen) atoms. The average molecular weight is 255 g/mol. The average Bonchev–Trinajstić information content (AvgIpc) is 2.33. The van der Waals surface area contributed by atoms with Gasteiger partial charge in [-0.1, -0.05) is 23.7 Å². The van der Waals surface area contributed by atoms with Crippen LogP contribution in [0.4, 0.5) is 0 Å². The summed E-state index contributed by atoms with van der Waals surface area (Å²) in [6.07, 6.45) is 1.52. The molecule has 0 saturated carbocycles. The van der Waals surface area contributed by atoms with Crippen molar-refractivity contribution in [1.82, 2.24) is 4.90 Å². The van der Waals surface area contributed by atoms with Gasteiger partial charge in [0.25, 0.3) is 0 Å². The Bertz CT molecular complexity index is 358. The van der Waals surface area contributed by atoms with Crippen LogP contribution in [0.1, 0.15) is 18.4 Å². The number of piperidine rings is 1. The monoisotopic (exact) mass is 254 g/mol. The van der Waals surface area contributed by atoms with Crippen LogP contribution in [0.25, 0.3) is 0 Å². The highest BCUT2D eigenvalue weighted by Crippen LogP contribution is 2.33. The molecule has 0 atom stereocenters. The summed E-state index contributed by atoms with van der Waals surface area (Å²) in [7, 11) is 0. The molecule has 1 fully saturated rings. The Labute approximate surface area is 107 Å². The first-order chi connectivity index (χ1) is 8.14. The van der Waals surface area contributed by atoms with Gasteiger partial charge in [-0.15, -0.1) is 0 Å². The maximum Gasteiger partial charge on any atom is 0.0920 e. The van der Waals surface area contributed by atoms with Crippen molar-refractivity contribution >= 4 is 11.6 Å². The Balaban J connectivity index is 2.04. The van der Waals surface area contributed by atoms with Crippen LogP contribution >= 0.6 is 11.6 Å². The summed E-state index contributed by atoms with van der Waals surface area (Å²) >= 11 is 5.86. The summed E-state index contributed by atoms with van der Waals surface area (Å²) in [5.41, 5.74) is 5.80. The van der Waals surface area contributed by atoms with E-state index < -0.39 is 5.60 Å². The maximum absolute atomic E-state index is 10.6. The molecule has 0 unspecified atom stereocenters.